The van der Waals surface area contributed by atoms with Gasteiger partial charge in [-0.1, -0.05) is 6.07 Å². The molecule has 0 saturated carbocycles. The third kappa shape index (κ3) is 2.67. The molecule has 4 heteroatoms. The second-order valence-corrected chi connectivity index (χ2v) is 3.75. The quantitative estimate of drug-likeness (QED) is 0.782. The van der Waals surface area contributed by atoms with Crippen LogP contribution >= 0.6 is 0 Å². The number of rotatable bonds is 3. The van der Waals surface area contributed by atoms with Gasteiger partial charge in [-0.3, -0.25) is 0 Å². The average molecular weight is 201 g/mol. The monoisotopic (exact) mass is 201 g/mol. The summed E-state index contributed by atoms with van der Waals surface area (Å²) in [4.78, 5) is 0. The summed E-state index contributed by atoms with van der Waals surface area (Å²) >= 11 is 0. The van der Waals surface area contributed by atoms with Crippen LogP contribution in [0.5, 0.6) is 5.75 Å². The van der Waals surface area contributed by atoms with Crippen molar-refractivity contribution in [3.8, 4) is 5.75 Å². The minimum Gasteiger partial charge on any atom is -0.505 e. The van der Waals surface area contributed by atoms with Crippen LogP contribution in [0.15, 0.2) is 18.2 Å². The molecule has 0 spiro atoms. The third-order valence-corrected chi connectivity index (χ3v) is 1.93. The summed E-state index contributed by atoms with van der Waals surface area (Å²) in [6.07, 6.45) is 0.237. The lowest BCUT2D eigenvalue weighted by Crippen LogP contribution is -2.40. The van der Waals surface area contributed by atoms with Crippen LogP contribution in [-0.2, 0) is 6.42 Å². The van der Waals surface area contributed by atoms with Crippen LogP contribution in [0.4, 0.5) is 8.78 Å². The van der Waals surface area contributed by atoms with Gasteiger partial charge in [0.15, 0.2) is 11.6 Å². The van der Waals surface area contributed by atoms with Gasteiger partial charge in [0, 0.05) is 5.54 Å². The van der Waals surface area contributed by atoms with Crippen molar-refractivity contribution in [1.29, 1.82) is 0 Å². The van der Waals surface area contributed by atoms with E-state index in [1.54, 1.807) is 6.92 Å². The topological polar surface area (TPSA) is 46.2 Å². The average Bonchev–Trinajstić information content (AvgIpc) is 2.11. The van der Waals surface area contributed by atoms with E-state index in [0.717, 1.165) is 6.07 Å². The first-order valence-electron chi connectivity index (χ1n) is 4.27. The predicted molar refractivity (Wildman–Crippen MR) is 50.3 cm³/mol. The fraction of sp³-hybridized carbons (Fsp3) is 0.400. The maximum Gasteiger partial charge on any atom is 0.165 e. The standard InChI is InChI=1S/C10H13F2NO/c1-10(13,6-11)5-7-2-3-9(14)8(12)4-7/h2-4,14H,5-6,13H2,1H3. The molecule has 0 aliphatic rings. The maximum atomic E-state index is 12.9. The van der Waals surface area contributed by atoms with Gasteiger partial charge in [0.1, 0.15) is 6.67 Å². The van der Waals surface area contributed by atoms with Gasteiger partial charge in [0.05, 0.1) is 0 Å². The molecule has 1 atom stereocenters. The van der Waals surface area contributed by atoms with Crippen molar-refractivity contribution >= 4 is 0 Å². The molecule has 2 nitrogen and oxygen atoms in total. The van der Waals surface area contributed by atoms with Crippen molar-refractivity contribution in [1.82, 2.24) is 0 Å². The highest BCUT2D eigenvalue weighted by Crippen LogP contribution is 2.19. The Labute approximate surface area is 81.4 Å². The Morgan fingerprint density at radius 3 is 2.64 bits per heavy atom. The normalized spacial score (nSPS) is 15.1. The number of phenols is 1. The Hall–Kier alpha value is -1.16. The van der Waals surface area contributed by atoms with Gasteiger partial charge in [0.25, 0.3) is 0 Å². The van der Waals surface area contributed by atoms with Crippen molar-refractivity contribution in [2.75, 3.05) is 6.67 Å². The lowest BCUT2D eigenvalue weighted by Gasteiger charge is -2.20. The highest BCUT2D eigenvalue weighted by molar-refractivity contribution is 5.29. The minimum atomic E-state index is -0.983. The largest absolute Gasteiger partial charge is 0.505 e. The zero-order valence-electron chi connectivity index (χ0n) is 7.93. The van der Waals surface area contributed by atoms with E-state index in [9.17, 15) is 8.78 Å². The summed E-state index contributed by atoms with van der Waals surface area (Å²) < 4.78 is 25.2. The van der Waals surface area contributed by atoms with Gasteiger partial charge in [-0.25, -0.2) is 8.78 Å². The van der Waals surface area contributed by atoms with E-state index in [1.807, 2.05) is 0 Å². The van der Waals surface area contributed by atoms with Crippen molar-refractivity contribution in [3.05, 3.63) is 29.6 Å². The van der Waals surface area contributed by atoms with E-state index in [1.165, 1.54) is 12.1 Å². The number of aromatic hydroxyl groups is 1. The minimum absolute atomic E-state index is 0.237. The molecule has 3 N–H and O–H groups in total. The fourth-order valence-corrected chi connectivity index (χ4v) is 1.17. The molecule has 0 amide bonds. The Morgan fingerprint density at radius 1 is 1.50 bits per heavy atom. The van der Waals surface area contributed by atoms with Crippen molar-refractivity contribution in [2.45, 2.75) is 18.9 Å². The van der Waals surface area contributed by atoms with E-state index in [0.29, 0.717) is 5.56 Å². The number of halogens is 2. The molecule has 1 rings (SSSR count). The Bertz CT molecular complexity index is 326. The van der Waals surface area contributed by atoms with Crippen LogP contribution in [0.2, 0.25) is 0 Å². The van der Waals surface area contributed by atoms with Gasteiger partial charge in [-0.2, -0.15) is 0 Å². The van der Waals surface area contributed by atoms with Gasteiger partial charge < -0.3 is 10.8 Å². The first kappa shape index (κ1) is 10.9. The lowest BCUT2D eigenvalue weighted by molar-refractivity contribution is 0.326. The van der Waals surface area contributed by atoms with Crippen molar-refractivity contribution in [2.24, 2.45) is 5.73 Å². The maximum absolute atomic E-state index is 12.9. The highest BCUT2D eigenvalue weighted by Gasteiger charge is 2.19. The van der Waals surface area contributed by atoms with Crippen LogP contribution in [-0.4, -0.2) is 17.3 Å². The molecule has 0 aliphatic carbocycles. The zero-order valence-corrected chi connectivity index (χ0v) is 7.93. The summed E-state index contributed by atoms with van der Waals surface area (Å²) in [7, 11) is 0. The van der Waals surface area contributed by atoms with E-state index < -0.39 is 23.8 Å². The third-order valence-electron chi connectivity index (χ3n) is 1.93. The second kappa shape index (κ2) is 3.92. The van der Waals surface area contributed by atoms with Crippen molar-refractivity contribution in [3.63, 3.8) is 0 Å². The van der Waals surface area contributed by atoms with E-state index >= 15 is 0 Å². The lowest BCUT2D eigenvalue weighted by atomic mass is 9.95. The van der Waals surface area contributed by atoms with Crippen LogP contribution in [0.3, 0.4) is 0 Å². The Kier molecular flexibility index (Phi) is 3.06. The number of benzene rings is 1. The zero-order chi connectivity index (χ0) is 10.8. The van der Waals surface area contributed by atoms with Crippen LogP contribution in [0, 0.1) is 5.82 Å². The number of alkyl halides is 1. The summed E-state index contributed by atoms with van der Waals surface area (Å²) in [5.74, 6) is -1.12. The van der Waals surface area contributed by atoms with Gasteiger partial charge in [-0.05, 0) is 31.0 Å². The van der Waals surface area contributed by atoms with Crippen molar-refractivity contribution < 1.29 is 13.9 Å². The van der Waals surface area contributed by atoms with E-state index in [-0.39, 0.29) is 6.42 Å². The molecule has 14 heavy (non-hydrogen) atoms. The smallest absolute Gasteiger partial charge is 0.165 e. The van der Waals surface area contributed by atoms with Crippen LogP contribution in [0.25, 0.3) is 0 Å². The summed E-state index contributed by atoms with van der Waals surface area (Å²) in [5.41, 5.74) is 5.17. The van der Waals surface area contributed by atoms with Gasteiger partial charge in [0.2, 0.25) is 0 Å². The highest BCUT2D eigenvalue weighted by atomic mass is 19.1. The molecular weight excluding hydrogens is 188 g/mol. The molecular formula is C10H13F2NO. The second-order valence-electron chi connectivity index (χ2n) is 3.75. The SMILES string of the molecule is CC(N)(CF)Cc1ccc(O)c(F)c1. The molecule has 1 aromatic carbocycles. The molecule has 1 aromatic rings. The van der Waals surface area contributed by atoms with Crippen LogP contribution < -0.4 is 5.73 Å². The molecule has 0 fully saturated rings. The first-order chi connectivity index (χ1) is 6.44. The number of nitrogens with two attached hydrogens (primary N) is 1. The van der Waals surface area contributed by atoms with Crippen LogP contribution in [0.1, 0.15) is 12.5 Å². The van der Waals surface area contributed by atoms with E-state index in [4.69, 9.17) is 10.8 Å². The number of phenolic OH excluding ortho intramolecular Hbond substituents is 1. The number of hydrogen-bond acceptors (Lipinski definition) is 2. The molecule has 1 unspecified atom stereocenters. The summed E-state index contributed by atoms with van der Waals surface area (Å²) in [6.45, 7) is 0.882. The molecule has 0 aliphatic heterocycles. The molecule has 0 heterocycles. The fourth-order valence-electron chi connectivity index (χ4n) is 1.17. The Morgan fingerprint density at radius 2 is 2.14 bits per heavy atom. The summed E-state index contributed by atoms with van der Waals surface area (Å²) in [6, 6.07) is 3.92. The summed E-state index contributed by atoms with van der Waals surface area (Å²) in [5, 5.41) is 8.92. The molecule has 0 bridgehead atoms. The molecule has 0 aromatic heterocycles. The number of hydrogen-bond donors (Lipinski definition) is 2. The predicted octanol–water partition coefficient (Wildman–Crippen LogP) is 1.76. The Balaban J connectivity index is 2.83. The van der Waals surface area contributed by atoms with Gasteiger partial charge in [-0.15, -0.1) is 0 Å². The molecule has 0 saturated heterocycles. The molecule has 0 radical (unpaired) electrons. The van der Waals surface area contributed by atoms with E-state index in [2.05, 4.69) is 0 Å². The van der Waals surface area contributed by atoms with Gasteiger partial charge >= 0.3 is 0 Å². The molecule has 78 valence electrons. The first-order valence-corrected chi connectivity index (χ1v) is 4.27.